The summed E-state index contributed by atoms with van der Waals surface area (Å²) in [5.74, 6) is -0.132. The summed E-state index contributed by atoms with van der Waals surface area (Å²) in [6, 6.07) is 7.13. The molecule has 0 saturated heterocycles. The van der Waals surface area contributed by atoms with Gasteiger partial charge in [0.15, 0.2) is 0 Å². The second-order valence-electron chi connectivity index (χ2n) is 3.48. The molecule has 0 radical (unpaired) electrons. The first kappa shape index (κ1) is 12.5. The predicted molar refractivity (Wildman–Crippen MR) is 62.3 cm³/mol. The van der Waals surface area contributed by atoms with Crippen molar-refractivity contribution in [2.75, 3.05) is 23.8 Å². The molecule has 4 N–H and O–H groups in total. The van der Waals surface area contributed by atoms with Crippen LogP contribution in [0.4, 0.5) is 11.4 Å². The Morgan fingerprint density at radius 1 is 1.44 bits per heavy atom. The van der Waals surface area contributed by atoms with Crippen LogP contribution >= 0.6 is 0 Å². The molecule has 0 unspecified atom stereocenters. The minimum absolute atomic E-state index is 0.132. The number of benzene rings is 1. The smallest absolute Gasteiger partial charge is 0.221 e. The number of hydrogen-bond donors (Lipinski definition) is 4. The van der Waals surface area contributed by atoms with Gasteiger partial charge in [-0.3, -0.25) is 4.79 Å². The molecule has 0 aliphatic rings. The molecule has 1 aromatic rings. The molecule has 1 aromatic carbocycles. The summed E-state index contributed by atoms with van der Waals surface area (Å²) in [5.41, 5.74) is 1.47. The highest BCUT2D eigenvalue weighted by Crippen LogP contribution is 2.14. The lowest BCUT2D eigenvalue weighted by molar-refractivity contribution is -0.114. The highest BCUT2D eigenvalue weighted by Gasteiger charge is 2.02. The molecule has 0 aliphatic carbocycles. The van der Waals surface area contributed by atoms with Gasteiger partial charge in [0.1, 0.15) is 0 Å². The molecule has 0 fully saturated rings. The summed E-state index contributed by atoms with van der Waals surface area (Å²) in [4.78, 5) is 10.8. The molecule has 0 heterocycles. The van der Waals surface area contributed by atoms with Crippen molar-refractivity contribution in [1.29, 1.82) is 0 Å². The molecular weight excluding hydrogens is 208 g/mol. The lowest BCUT2D eigenvalue weighted by Gasteiger charge is -2.11. The first-order valence-corrected chi connectivity index (χ1v) is 5.02. The molecule has 0 spiro atoms. The Balaban J connectivity index is 2.56. The number of carbonyl (C=O) groups excluding carboxylic acids is 1. The Kier molecular flexibility index (Phi) is 4.75. The summed E-state index contributed by atoms with van der Waals surface area (Å²) in [7, 11) is 0. The Hall–Kier alpha value is -1.59. The van der Waals surface area contributed by atoms with E-state index in [2.05, 4.69) is 10.6 Å². The maximum absolute atomic E-state index is 10.8. The van der Waals surface area contributed by atoms with Crippen molar-refractivity contribution in [3.63, 3.8) is 0 Å². The van der Waals surface area contributed by atoms with E-state index in [0.29, 0.717) is 5.69 Å². The Morgan fingerprint density at radius 2 is 2.12 bits per heavy atom. The highest BCUT2D eigenvalue weighted by atomic mass is 16.3. The monoisotopic (exact) mass is 224 g/mol. The minimum Gasteiger partial charge on any atom is -0.394 e. The van der Waals surface area contributed by atoms with E-state index >= 15 is 0 Å². The number of amides is 1. The van der Waals surface area contributed by atoms with Crippen molar-refractivity contribution in [2.45, 2.75) is 13.0 Å². The van der Waals surface area contributed by atoms with Crippen LogP contribution in [0.5, 0.6) is 0 Å². The Bertz CT molecular complexity index is 355. The standard InChI is InChI=1S/C11H16N2O3/c1-8(15)13-10-4-2-3-9(5-10)12-6-11(16)7-14/h2-5,11-12,14,16H,6-7H2,1H3,(H,13,15)/t11-/m0/s1. The SMILES string of the molecule is CC(=O)Nc1cccc(NC[C@H](O)CO)c1. The van der Waals surface area contributed by atoms with Gasteiger partial charge in [0.25, 0.3) is 0 Å². The molecular formula is C11H16N2O3. The summed E-state index contributed by atoms with van der Waals surface area (Å²) in [5, 5.41) is 23.4. The van der Waals surface area contributed by atoms with Crippen molar-refractivity contribution in [3.05, 3.63) is 24.3 Å². The summed E-state index contributed by atoms with van der Waals surface area (Å²) in [6.07, 6.45) is -0.788. The van der Waals surface area contributed by atoms with Crippen LogP contribution in [0, 0.1) is 0 Å². The molecule has 88 valence electrons. The van der Waals surface area contributed by atoms with E-state index in [-0.39, 0.29) is 19.1 Å². The lowest BCUT2D eigenvalue weighted by atomic mass is 10.2. The second-order valence-corrected chi connectivity index (χ2v) is 3.48. The number of carbonyl (C=O) groups is 1. The molecule has 16 heavy (non-hydrogen) atoms. The topological polar surface area (TPSA) is 81.6 Å². The van der Waals surface area contributed by atoms with Gasteiger partial charge in [-0.25, -0.2) is 0 Å². The van der Waals surface area contributed by atoms with Crippen LogP contribution in [-0.4, -0.2) is 35.4 Å². The molecule has 0 saturated carbocycles. The van der Waals surface area contributed by atoms with Crippen molar-refractivity contribution in [2.24, 2.45) is 0 Å². The molecule has 0 aliphatic heterocycles. The second kappa shape index (κ2) is 6.09. The zero-order valence-electron chi connectivity index (χ0n) is 9.10. The maximum atomic E-state index is 10.8. The number of rotatable bonds is 5. The molecule has 0 aromatic heterocycles. The van der Waals surface area contributed by atoms with E-state index in [1.807, 2.05) is 6.07 Å². The number of aliphatic hydroxyl groups excluding tert-OH is 2. The van der Waals surface area contributed by atoms with Crippen molar-refractivity contribution < 1.29 is 15.0 Å². The molecule has 1 amide bonds. The van der Waals surface area contributed by atoms with Gasteiger partial charge in [-0.1, -0.05) is 6.07 Å². The predicted octanol–water partition coefficient (Wildman–Crippen LogP) is 0.410. The van der Waals surface area contributed by atoms with Crippen molar-refractivity contribution in [1.82, 2.24) is 0 Å². The largest absolute Gasteiger partial charge is 0.394 e. The van der Waals surface area contributed by atoms with E-state index < -0.39 is 6.10 Å². The molecule has 5 heteroatoms. The van der Waals surface area contributed by atoms with Crippen LogP contribution in [0.2, 0.25) is 0 Å². The van der Waals surface area contributed by atoms with Gasteiger partial charge < -0.3 is 20.8 Å². The van der Waals surface area contributed by atoms with E-state index in [1.165, 1.54) is 6.92 Å². The number of hydrogen-bond acceptors (Lipinski definition) is 4. The van der Waals surface area contributed by atoms with Crippen molar-refractivity contribution in [3.8, 4) is 0 Å². The van der Waals surface area contributed by atoms with Gasteiger partial charge in [-0.05, 0) is 18.2 Å². The normalized spacial score (nSPS) is 11.9. The summed E-state index contributed by atoms with van der Waals surface area (Å²) < 4.78 is 0. The van der Waals surface area contributed by atoms with E-state index in [9.17, 15) is 4.79 Å². The number of anilines is 2. The van der Waals surface area contributed by atoms with Gasteiger partial charge >= 0.3 is 0 Å². The van der Waals surface area contributed by atoms with Crippen molar-refractivity contribution >= 4 is 17.3 Å². The van der Waals surface area contributed by atoms with E-state index in [4.69, 9.17) is 10.2 Å². The number of aliphatic hydroxyl groups is 2. The van der Waals surface area contributed by atoms with Crippen LogP contribution in [0.15, 0.2) is 24.3 Å². The lowest BCUT2D eigenvalue weighted by Crippen LogP contribution is -2.22. The summed E-state index contributed by atoms with van der Waals surface area (Å²) in [6.45, 7) is 1.42. The zero-order valence-corrected chi connectivity index (χ0v) is 9.10. The fourth-order valence-electron chi connectivity index (χ4n) is 1.21. The zero-order chi connectivity index (χ0) is 12.0. The van der Waals surface area contributed by atoms with Crippen LogP contribution in [-0.2, 0) is 4.79 Å². The van der Waals surface area contributed by atoms with Gasteiger partial charge in [0.05, 0.1) is 12.7 Å². The third-order valence-corrected chi connectivity index (χ3v) is 1.94. The average Bonchev–Trinajstić information content (AvgIpc) is 2.25. The highest BCUT2D eigenvalue weighted by molar-refractivity contribution is 5.89. The van der Waals surface area contributed by atoms with Gasteiger partial charge in [0, 0.05) is 24.8 Å². The van der Waals surface area contributed by atoms with Gasteiger partial charge in [0.2, 0.25) is 5.91 Å². The fraction of sp³-hybridized carbons (Fsp3) is 0.364. The minimum atomic E-state index is -0.788. The van der Waals surface area contributed by atoms with Crippen LogP contribution in [0.1, 0.15) is 6.92 Å². The molecule has 0 bridgehead atoms. The molecule has 1 atom stereocenters. The first-order chi connectivity index (χ1) is 7.61. The Morgan fingerprint density at radius 3 is 2.75 bits per heavy atom. The Labute approximate surface area is 94.1 Å². The fourth-order valence-corrected chi connectivity index (χ4v) is 1.21. The third-order valence-electron chi connectivity index (χ3n) is 1.94. The quantitative estimate of drug-likeness (QED) is 0.584. The first-order valence-electron chi connectivity index (χ1n) is 5.02. The van der Waals surface area contributed by atoms with Crippen LogP contribution in [0.3, 0.4) is 0 Å². The van der Waals surface area contributed by atoms with E-state index in [1.54, 1.807) is 18.2 Å². The van der Waals surface area contributed by atoms with Gasteiger partial charge in [-0.15, -0.1) is 0 Å². The summed E-state index contributed by atoms with van der Waals surface area (Å²) >= 11 is 0. The third kappa shape index (κ3) is 4.29. The molecule has 5 nitrogen and oxygen atoms in total. The maximum Gasteiger partial charge on any atom is 0.221 e. The average molecular weight is 224 g/mol. The number of nitrogens with one attached hydrogen (secondary N) is 2. The van der Waals surface area contributed by atoms with E-state index in [0.717, 1.165) is 5.69 Å². The van der Waals surface area contributed by atoms with Crippen LogP contribution in [0.25, 0.3) is 0 Å². The van der Waals surface area contributed by atoms with Gasteiger partial charge in [-0.2, -0.15) is 0 Å². The van der Waals surface area contributed by atoms with Crippen LogP contribution < -0.4 is 10.6 Å². The molecule has 1 rings (SSSR count).